The maximum atomic E-state index is 11.6. The van der Waals surface area contributed by atoms with Crippen LogP contribution in [0.25, 0.3) is 0 Å². The van der Waals surface area contributed by atoms with Gasteiger partial charge in [-0.15, -0.1) is 0 Å². The average molecular weight is 559 g/mol. The lowest BCUT2D eigenvalue weighted by molar-refractivity contribution is -0.386. The Morgan fingerprint density at radius 2 is 1.37 bits per heavy atom. The van der Waals surface area contributed by atoms with Crippen molar-refractivity contribution in [2.45, 2.75) is 31.8 Å². The maximum absolute atomic E-state index is 11.6. The Balaban J connectivity index is 1.21. The first-order chi connectivity index (χ1) is 20.0. The standard InChI is InChI=1S/C32H34N2O7/c35-20-27(17-24-11-13-29(14-12-24)39-21-25-7-3-1-4-8-25)33-19-28(36)23-40-30-15-16-32(31(18-30)34(37)38)41-22-26-9-5-2-6-10-26/h1-16,18,27-28,33,35-36H,17,19-23H2/t27-,28-/m0/s1. The highest BCUT2D eigenvalue weighted by Gasteiger charge is 2.18. The van der Waals surface area contributed by atoms with Crippen molar-refractivity contribution in [1.29, 1.82) is 0 Å². The fourth-order valence-electron chi connectivity index (χ4n) is 4.09. The molecule has 0 spiro atoms. The van der Waals surface area contributed by atoms with Crippen molar-refractivity contribution in [3.05, 3.63) is 130 Å². The van der Waals surface area contributed by atoms with Crippen LogP contribution in [0, 0.1) is 10.1 Å². The maximum Gasteiger partial charge on any atom is 0.314 e. The van der Waals surface area contributed by atoms with Crippen LogP contribution in [0.1, 0.15) is 16.7 Å². The molecule has 9 nitrogen and oxygen atoms in total. The van der Waals surface area contributed by atoms with Gasteiger partial charge >= 0.3 is 5.69 Å². The van der Waals surface area contributed by atoms with E-state index < -0.39 is 11.0 Å². The van der Waals surface area contributed by atoms with Crippen LogP contribution < -0.4 is 19.5 Å². The van der Waals surface area contributed by atoms with Crippen molar-refractivity contribution in [3.63, 3.8) is 0 Å². The van der Waals surface area contributed by atoms with Crippen molar-refractivity contribution in [2.75, 3.05) is 19.8 Å². The molecule has 0 saturated carbocycles. The van der Waals surface area contributed by atoms with Crippen LogP contribution in [0.15, 0.2) is 103 Å². The molecule has 0 aromatic heterocycles. The molecular formula is C32H34N2O7. The third-order valence-electron chi connectivity index (χ3n) is 6.32. The summed E-state index contributed by atoms with van der Waals surface area (Å²) in [7, 11) is 0. The van der Waals surface area contributed by atoms with E-state index in [1.54, 1.807) is 6.07 Å². The highest BCUT2D eigenvalue weighted by atomic mass is 16.6. The van der Waals surface area contributed by atoms with Gasteiger partial charge in [0.2, 0.25) is 0 Å². The summed E-state index contributed by atoms with van der Waals surface area (Å²) in [5, 5.41) is 35.0. The van der Waals surface area contributed by atoms with Crippen molar-refractivity contribution < 1.29 is 29.3 Å². The summed E-state index contributed by atoms with van der Waals surface area (Å²) in [5.41, 5.74) is 2.77. The molecule has 0 aliphatic heterocycles. The Morgan fingerprint density at radius 1 is 0.756 bits per heavy atom. The molecule has 0 aliphatic carbocycles. The van der Waals surface area contributed by atoms with E-state index in [9.17, 15) is 20.3 Å². The molecule has 214 valence electrons. The van der Waals surface area contributed by atoms with Crippen LogP contribution in [0.4, 0.5) is 5.69 Å². The van der Waals surface area contributed by atoms with E-state index in [0.29, 0.717) is 13.0 Å². The quantitative estimate of drug-likeness (QED) is 0.134. The predicted octanol–water partition coefficient (Wildman–Crippen LogP) is 4.69. The number of aliphatic hydroxyl groups excluding tert-OH is 2. The monoisotopic (exact) mass is 558 g/mol. The van der Waals surface area contributed by atoms with E-state index >= 15 is 0 Å². The van der Waals surface area contributed by atoms with E-state index in [2.05, 4.69) is 5.32 Å². The van der Waals surface area contributed by atoms with Crippen LogP contribution in [-0.4, -0.2) is 47.0 Å². The van der Waals surface area contributed by atoms with Gasteiger partial charge in [-0.3, -0.25) is 10.1 Å². The second kappa shape index (κ2) is 15.4. The largest absolute Gasteiger partial charge is 0.491 e. The predicted molar refractivity (Wildman–Crippen MR) is 155 cm³/mol. The van der Waals surface area contributed by atoms with Gasteiger partial charge in [-0.05, 0) is 47.4 Å². The molecule has 2 atom stereocenters. The number of rotatable bonds is 16. The summed E-state index contributed by atoms with van der Waals surface area (Å²) >= 11 is 0. The van der Waals surface area contributed by atoms with Crippen LogP contribution in [0.2, 0.25) is 0 Å². The van der Waals surface area contributed by atoms with Gasteiger partial charge in [0.25, 0.3) is 0 Å². The molecule has 3 N–H and O–H groups in total. The van der Waals surface area contributed by atoms with Gasteiger partial charge in [0, 0.05) is 12.6 Å². The van der Waals surface area contributed by atoms with Crippen LogP contribution in [0.3, 0.4) is 0 Å². The molecule has 4 rings (SSSR count). The van der Waals surface area contributed by atoms with E-state index in [4.69, 9.17) is 14.2 Å². The Bertz CT molecular complexity index is 1350. The molecule has 4 aromatic rings. The SMILES string of the molecule is O=[N+]([O-])c1cc(OC[C@@H](O)CN[C@H](CO)Cc2ccc(OCc3ccccc3)cc2)ccc1OCc1ccccc1. The van der Waals surface area contributed by atoms with Crippen LogP contribution >= 0.6 is 0 Å². The van der Waals surface area contributed by atoms with E-state index in [1.165, 1.54) is 12.1 Å². The minimum absolute atomic E-state index is 0.0834. The number of nitro groups is 1. The van der Waals surface area contributed by atoms with E-state index in [0.717, 1.165) is 22.4 Å². The van der Waals surface area contributed by atoms with Gasteiger partial charge in [-0.25, -0.2) is 0 Å². The molecule has 0 radical (unpaired) electrons. The fourth-order valence-corrected chi connectivity index (χ4v) is 4.09. The average Bonchev–Trinajstić information content (AvgIpc) is 3.01. The molecule has 0 unspecified atom stereocenters. The zero-order chi connectivity index (χ0) is 28.9. The number of hydrogen-bond donors (Lipinski definition) is 3. The summed E-state index contributed by atoms with van der Waals surface area (Å²) in [5.74, 6) is 1.14. The van der Waals surface area contributed by atoms with E-state index in [-0.39, 0.29) is 49.6 Å². The second-order valence-corrected chi connectivity index (χ2v) is 9.54. The van der Waals surface area contributed by atoms with Crippen molar-refractivity contribution in [1.82, 2.24) is 5.32 Å². The summed E-state index contributed by atoms with van der Waals surface area (Å²) in [4.78, 5) is 11.0. The molecule has 9 heteroatoms. The molecule has 41 heavy (non-hydrogen) atoms. The first-order valence-corrected chi connectivity index (χ1v) is 13.4. The minimum atomic E-state index is -0.897. The Morgan fingerprint density at radius 3 is 1.98 bits per heavy atom. The first kappa shape index (κ1) is 29.5. The van der Waals surface area contributed by atoms with Crippen molar-refractivity contribution in [3.8, 4) is 17.2 Å². The topological polar surface area (TPSA) is 123 Å². The van der Waals surface area contributed by atoms with Gasteiger partial charge in [-0.1, -0.05) is 72.8 Å². The minimum Gasteiger partial charge on any atom is -0.491 e. The smallest absolute Gasteiger partial charge is 0.314 e. The molecule has 0 bridgehead atoms. The van der Waals surface area contributed by atoms with E-state index in [1.807, 2.05) is 84.9 Å². The number of benzene rings is 4. The highest BCUT2D eigenvalue weighted by Crippen LogP contribution is 2.32. The Hall–Kier alpha value is -4.44. The summed E-state index contributed by atoms with van der Waals surface area (Å²) in [6.07, 6.45) is -0.342. The lowest BCUT2D eigenvalue weighted by atomic mass is 10.1. The zero-order valence-electron chi connectivity index (χ0n) is 22.6. The van der Waals surface area contributed by atoms with Gasteiger partial charge in [-0.2, -0.15) is 0 Å². The molecule has 0 aliphatic rings. The Labute approximate surface area is 239 Å². The lowest BCUT2D eigenvalue weighted by Crippen LogP contribution is -2.41. The zero-order valence-corrected chi connectivity index (χ0v) is 22.6. The van der Waals surface area contributed by atoms with Crippen LogP contribution in [0.5, 0.6) is 17.2 Å². The normalized spacial score (nSPS) is 12.3. The third kappa shape index (κ3) is 9.61. The molecule has 0 saturated heterocycles. The fraction of sp³-hybridized carbons (Fsp3) is 0.250. The van der Waals surface area contributed by atoms with Gasteiger partial charge in [0.15, 0.2) is 5.75 Å². The third-order valence-corrected chi connectivity index (χ3v) is 6.32. The number of nitrogens with zero attached hydrogens (tertiary/aromatic N) is 1. The number of nitro benzene ring substituents is 1. The summed E-state index contributed by atoms with van der Waals surface area (Å²) in [6.45, 7) is 0.658. The summed E-state index contributed by atoms with van der Waals surface area (Å²) in [6, 6.07) is 31.0. The molecule has 0 amide bonds. The van der Waals surface area contributed by atoms with Gasteiger partial charge in [0.05, 0.1) is 17.6 Å². The highest BCUT2D eigenvalue weighted by molar-refractivity contribution is 5.51. The lowest BCUT2D eigenvalue weighted by Gasteiger charge is -2.19. The van der Waals surface area contributed by atoms with Crippen molar-refractivity contribution >= 4 is 5.69 Å². The van der Waals surface area contributed by atoms with Crippen LogP contribution in [-0.2, 0) is 19.6 Å². The molecular weight excluding hydrogens is 524 g/mol. The molecule has 0 heterocycles. The van der Waals surface area contributed by atoms with Crippen molar-refractivity contribution in [2.24, 2.45) is 0 Å². The van der Waals surface area contributed by atoms with Gasteiger partial charge in [0.1, 0.15) is 37.4 Å². The number of aliphatic hydroxyl groups is 2. The van der Waals surface area contributed by atoms with Gasteiger partial charge < -0.3 is 29.7 Å². The summed E-state index contributed by atoms with van der Waals surface area (Å²) < 4.78 is 17.1. The molecule has 4 aromatic carbocycles. The Kier molecular flexibility index (Phi) is 11.1. The molecule has 0 fully saturated rings. The number of hydrogen-bond acceptors (Lipinski definition) is 8. The number of nitrogens with one attached hydrogen (secondary N) is 1. The second-order valence-electron chi connectivity index (χ2n) is 9.54. The number of ether oxygens (including phenoxy) is 3. The first-order valence-electron chi connectivity index (χ1n) is 13.4.